The molecule has 0 bridgehead atoms. The number of thiazole rings is 1. The van der Waals surface area contributed by atoms with Crippen LogP contribution in [-0.4, -0.2) is 61.5 Å². The van der Waals surface area contributed by atoms with Crippen molar-refractivity contribution >= 4 is 45.9 Å². The van der Waals surface area contributed by atoms with Gasteiger partial charge in [-0.15, -0.1) is 11.3 Å². The summed E-state index contributed by atoms with van der Waals surface area (Å²) >= 11 is 1.30. The van der Waals surface area contributed by atoms with E-state index in [2.05, 4.69) is 20.4 Å². The predicted octanol–water partition coefficient (Wildman–Crippen LogP) is 1.67. The van der Waals surface area contributed by atoms with Crippen LogP contribution in [0.15, 0.2) is 34.7 Å². The Bertz CT molecular complexity index is 1520. The molecule has 0 unspecified atom stereocenters. The highest BCUT2D eigenvalue weighted by molar-refractivity contribution is 7.12. The van der Waals surface area contributed by atoms with E-state index < -0.39 is 11.4 Å². The van der Waals surface area contributed by atoms with Gasteiger partial charge in [0.25, 0.3) is 0 Å². The van der Waals surface area contributed by atoms with Crippen molar-refractivity contribution in [1.82, 2.24) is 24.3 Å². The molecule has 1 saturated heterocycles. The Morgan fingerprint density at radius 3 is 2.69 bits per heavy atom. The fourth-order valence-corrected chi connectivity index (χ4v) is 4.65. The number of pyridine rings is 2. The molecule has 0 spiro atoms. The molecule has 4 aromatic rings. The number of anilines is 2. The van der Waals surface area contributed by atoms with Gasteiger partial charge in [0, 0.05) is 44.0 Å². The van der Waals surface area contributed by atoms with Crippen molar-refractivity contribution in [2.45, 2.75) is 6.92 Å². The zero-order chi connectivity index (χ0) is 24.9. The molecule has 5 rings (SSSR count). The van der Waals surface area contributed by atoms with Gasteiger partial charge in [-0.3, -0.25) is 14.2 Å². The third-order valence-corrected chi connectivity index (χ3v) is 6.64. The Morgan fingerprint density at radius 2 is 2.06 bits per heavy atom. The summed E-state index contributed by atoms with van der Waals surface area (Å²) in [5.41, 5.74) is -0.0315. The number of aromatic nitrogens is 5. The van der Waals surface area contributed by atoms with Crippen LogP contribution >= 0.6 is 11.3 Å². The maximum Gasteiger partial charge on any atom is 0.341 e. The number of carbonyl (C=O) groups is 2. The molecule has 0 aromatic carbocycles. The molecule has 0 saturated carbocycles. The summed E-state index contributed by atoms with van der Waals surface area (Å²) in [5.74, 6) is -0.210. The van der Waals surface area contributed by atoms with Crippen LogP contribution in [-0.2, 0) is 11.8 Å². The molecule has 0 radical (unpaired) electrons. The first-order valence-corrected chi connectivity index (χ1v) is 11.5. The Labute approximate surface area is 202 Å². The van der Waals surface area contributed by atoms with Crippen LogP contribution in [0.5, 0.6) is 5.88 Å². The number of hydrogen-bond acceptors (Lipinski definition) is 9. The summed E-state index contributed by atoms with van der Waals surface area (Å²) in [6, 6.07) is 3.38. The molecule has 1 fully saturated rings. The van der Waals surface area contributed by atoms with Gasteiger partial charge in [0.2, 0.25) is 17.2 Å². The second kappa shape index (κ2) is 8.51. The molecule has 1 amide bonds. The zero-order valence-electron chi connectivity index (χ0n) is 19.1. The average Bonchev–Trinajstić information content (AvgIpc) is 3.42. The first-order chi connectivity index (χ1) is 16.8. The van der Waals surface area contributed by atoms with E-state index in [1.54, 1.807) is 37.7 Å². The predicted molar refractivity (Wildman–Crippen MR) is 129 cm³/mol. The number of aryl methyl sites for hydroxylation is 2. The monoisotopic (exact) mass is 495 g/mol. The molecular formula is C22H21N7O5S. The second-order valence-electron chi connectivity index (χ2n) is 8.14. The van der Waals surface area contributed by atoms with Gasteiger partial charge in [-0.25, -0.2) is 19.4 Å². The smallest absolute Gasteiger partial charge is 0.341 e. The molecule has 0 atom stereocenters. The van der Waals surface area contributed by atoms with E-state index in [1.165, 1.54) is 33.9 Å². The van der Waals surface area contributed by atoms with Gasteiger partial charge in [-0.05, 0) is 18.6 Å². The third-order valence-electron chi connectivity index (χ3n) is 5.87. The van der Waals surface area contributed by atoms with Gasteiger partial charge in [-0.1, -0.05) is 0 Å². The maximum atomic E-state index is 12.9. The lowest BCUT2D eigenvalue weighted by Crippen LogP contribution is -2.52. The highest BCUT2D eigenvalue weighted by atomic mass is 32.1. The Kier molecular flexibility index (Phi) is 5.47. The van der Waals surface area contributed by atoms with Crippen LogP contribution in [0.1, 0.15) is 15.9 Å². The fourth-order valence-electron chi connectivity index (χ4n) is 4.03. The summed E-state index contributed by atoms with van der Waals surface area (Å²) in [4.78, 5) is 48.1. The Morgan fingerprint density at radius 1 is 1.29 bits per heavy atom. The van der Waals surface area contributed by atoms with Crippen molar-refractivity contribution in [2.75, 3.05) is 30.4 Å². The van der Waals surface area contributed by atoms with Crippen LogP contribution in [0.25, 0.3) is 16.2 Å². The molecule has 1 aliphatic heterocycles. The summed E-state index contributed by atoms with van der Waals surface area (Å²) < 4.78 is 8.22. The second-order valence-corrected chi connectivity index (χ2v) is 9.02. The number of amides is 1. The average molecular weight is 496 g/mol. The normalized spacial score (nSPS) is 13.6. The first-order valence-electron chi connectivity index (χ1n) is 10.6. The van der Waals surface area contributed by atoms with E-state index in [4.69, 9.17) is 4.74 Å². The van der Waals surface area contributed by atoms with E-state index in [0.29, 0.717) is 46.9 Å². The van der Waals surface area contributed by atoms with Gasteiger partial charge >= 0.3 is 5.97 Å². The molecule has 5 heterocycles. The number of fused-ring (bicyclic) bond motifs is 1. The summed E-state index contributed by atoms with van der Waals surface area (Å²) in [7, 11) is 3.25. The van der Waals surface area contributed by atoms with Gasteiger partial charge in [0.1, 0.15) is 11.4 Å². The van der Waals surface area contributed by atoms with Crippen molar-refractivity contribution in [3.8, 4) is 11.0 Å². The van der Waals surface area contributed by atoms with Crippen molar-refractivity contribution in [2.24, 2.45) is 13.0 Å². The quantitative estimate of drug-likeness (QED) is 0.408. The molecule has 2 N–H and O–H groups in total. The summed E-state index contributed by atoms with van der Waals surface area (Å²) in [6.45, 7) is 2.61. The number of ether oxygens (including phenoxy) is 1. The molecule has 12 nitrogen and oxygen atoms in total. The number of nitrogens with one attached hydrogen (secondary N) is 1. The molecule has 35 heavy (non-hydrogen) atoms. The van der Waals surface area contributed by atoms with Crippen LogP contribution < -0.4 is 20.4 Å². The van der Waals surface area contributed by atoms with Crippen molar-refractivity contribution in [3.05, 3.63) is 51.3 Å². The summed E-state index contributed by atoms with van der Waals surface area (Å²) in [6.07, 6.45) is 2.85. The molecule has 13 heteroatoms. The molecule has 0 aliphatic carbocycles. The highest BCUT2D eigenvalue weighted by Gasteiger charge is 2.34. The van der Waals surface area contributed by atoms with Gasteiger partial charge in [0.15, 0.2) is 16.6 Å². The largest absolute Gasteiger partial charge is 0.481 e. The van der Waals surface area contributed by atoms with Crippen LogP contribution in [0.3, 0.4) is 0 Å². The van der Waals surface area contributed by atoms with Gasteiger partial charge in [-0.2, -0.15) is 5.10 Å². The van der Waals surface area contributed by atoms with Crippen molar-refractivity contribution in [1.29, 1.82) is 0 Å². The lowest BCUT2D eigenvalue weighted by molar-refractivity contribution is -0.120. The number of aromatic carboxylic acids is 1. The number of hydrogen-bond donors (Lipinski definition) is 2. The Hall–Kier alpha value is -4.26. The van der Waals surface area contributed by atoms with E-state index in [1.807, 2.05) is 4.90 Å². The Balaban J connectivity index is 1.43. The van der Waals surface area contributed by atoms with Gasteiger partial charge < -0.3 is 20.1 Å². The number of carbonyl (C=O) groups excluding carboxylic acids is 1. The number of nitrogens with zero attached hydrogens (tertiary/aromatic N) is 6. The SMILES string of the molecule is COc1cc(NC(=O)C2CN(c3cc(C)c4c(=O)c(C(=O)O)cn(-c5nccs5)c4n3)C2)nn1C. The molecule has 180 valence electrons. The number of rotatable bonds is 6. The molecular weight excluding hydrogens is 474 g/mol. The van der Waals surface area contributed by atoms with E-state index in [9.17, 15) is 19.5 Å². The minimum Gasteiger partial charge on any atom is -0.481 e. The fraction of sp³-hybridized carbons (Fsp3) is 0.273. The van der Waals surface area contributed by atoms with Crippen LogP contribution in [0, 0.1) is 12.8 Å². The lowest BCUT2D eigenvalue weighted by Gasteiger charge is -2.39. The molecule has 4 aromatic heterocycles. The minimum atomic E-state index is -1.31. The molecule has 1 aliphatic rings. The van der Waals surface area contributed by atoms with E-state index >= 15 is 0 Å². The van der Waals surface area contributed by atoms with Crippen molar-refractivity contribution in [3.63, 3.8) is 0 Å². The van der Waals surface area contributed by atoms with Gasteiger partial charge in [0.05, 0.1) is 18.4 Å². The minimum absolute atomic E-state index is 0.162. The maximum absolute atomic E-state index is 12.9. The highest BCUT2D eigenvalue weighted by Crippen LogP contribution is 2.29. The van der Waals surface area contributed by atoms with Crippen LogP contribution in [0.4, 0.5) is 11.6 Å². The number of carboxylic acid groups (broad SMARTS) is 1. The van der Waals surface area contributed by atoms with Crippen molar-refractivity contribution < 1.29 is 19.4 Å². The lowest BCUT2D eigenvalue weighted by atomic mass is 9.98. The van der Waals surface area contributed by atoms with E-state index in [-0.39, 0.29) is 22.8 Å². The number of carboxylic acids is 1. The third kappa shape index (κ3) is 3.89. The first kappa shape index (κ1) is 22.5. The number of methoxy groups -OCH3 is 1. The summed E-state index contributed by atoms with van der Waals surface area (Å²) in [5, 5.41) is 19.0. The van der Waals surface area contributed by atoms with Crippen LogP contribution in [0.2, 0.25) is 0 Å². The zero-order valence-corrected chi connectivity index (χ0v) is 19.9. The topological polar surface area (TPSA) is 144 Å². The van der Waals surface area contributed by atoms with E-state index in [0.717, 1.165) is 0 Å². The standard InChI is InChI=1S/C22H21N7O5S/c1-11-6-15(28-8-12(9-28)20(31)24-14-7-16(34-3)27(2)26-14)25-19-17(11)18(30)13(21(32)33)10-29(19)22-23-4-5-35-22/h4-7,10,12H,8-9H2,1-3H3,(H,32,33)(H,24,26,31).